The molecule has 1 aromatic heterocycles. The highest BCUT2D eigenvalue weighted by molar-refractivity contribution is 5.74. The van der Waals surface area contributed by atoms with Crippen LogP contribution in [-0.2, 0) is 4.74 Å². The largest absolute Gasteiger partial charge is 0.379 e. The molecular formula is C19H32N4O2. The van der Waals surface area contributed by atoms with Gasteiger partial charge in [0.05, 0.1) is 12.6 Å². The number of amides is 2. The predicted molar refractivity (Wildman–Crippen MR) is 101 cm³/mol. The van der Waals surface area contributed by atoms with Crippen molar-refractivity contribution in [1.29, 1.82) is 0 Å². The number of hydrogen-bond donors (Lipinski definition) is 2. The molecule has 6 heteroatoms. The average molecular weight is 348 g/mol. The minimum absolute atomic E-state index is 0.00957. The molecule has 2 amide bonds. The standard InChI is InChI=1S/C19H32N4O2/c1-14(2)12-25-13-16(4)21-19(24)22-17-8-10-23(11-9-17)18-7-5-6-15(3)20-18/h5-7,14,16-17H,8-13H2,1-4H3,(H2,21,22,24). The van der Waals surface area contributed by atoms with E-state index in [1.807, 2.05) is 32.0 Å². The Balaban J connectivity index is 1.68. The molecule has 1 saturated heterocycles. The Morgan fingerprint density at radius 1 is 1.28 bits per heavy atom. The van der Waals surface area contributed by atoms with Crippen molar-refractivity contribution in [3.05, 3.63) is 23.9 Å². The molecule has 1 fully saturated rings. The summed E-state index contributed by atoms with van der Waals surface area (Å²) < 4.78 is 5.56. The molecule has 0 aliphatic carbocycles. The maximum atomic E-state index is 12.1. The number of carbonyl (C=O) groups excluding carboxylic acids is 1. The first-order chi connectivity index (χ1) is 11.9. The summed E-state index contributed by atoms with van der Waals surface area (Å²) in [6.07, 6.45) is 1.86. The van der Waals surface area contributed by atoms with Gasteiger partial charge in [0.15, 0.2) is 0 Å². The zero-order chi connectivity index (χ0) is 18.2. The molecule has 2 rings (SSSR count). The first-order valence-electron chi connectivity index (χ1n) is 9.27. The van der Waals surface area contributed by atoms with Gasteiger partial charge in [-0.2, -0.15) is 0 Å². The topological polar surface area (TPSA) is 66.5 Å². The number of rotatable bonds is 7. The van der Waals surface area contributed by atoms with Crippen LogP contribution in [0.25, 0.3) is 0 Å². The van der Waals surface area contributed by atoms with Crippen LogP contribution in [0.1, 0.15) is 39.3 Å². The second-order valence-corrected chi connectivity index (χ2v) is 7.35. The van der Waals surface area contributed by atoms with Gasteiger partial charge in [0.1, 0.15) is 5.82 Å². The van der Waals surface area contributed by atoms with Gasteiger partial charge >= 0.3 is 6.03 Å². The lowest BCUT2D eigenvalue weighted by Crippen LogP contribution is -2.50. The van der Waals surface area contributed by atoms with Crippen LogP contribution in [-0.4, -0.2) is 49.4 Å². The first-order valence-corrected chi connectivity index (χ1v) is 9.27. The average Bonchev–Trinajstić information content (AvgIpc) is 2.55. The van der Waals surface area contributed by atoms with E-state index >= 15 is 0 Å². The van der Waals surface area contributed by atoms with Crippen molar-refractivity contribution in [3.8, 4) is 0 Å². The molecule has 1 aliphatic rings. The van der Waals surface area contributed by atoms with Gasteiger partial charge in [-0.05, 0) is 44.7 Å². The van der Waals surface area contributed by atoms with E-state index in [4.69, 9.17) is 4.74 Å². The molecule has 140 valence electrons. The molecule has 1 aliphatic heterocycles. The maximum Gasteiger partial charge on any atom is 0.315 e. The Morgan fingerprint density at radius 2 is 2.00 bits per heavy atom. The quantitative estimate of drug-likeness (QED) is 0.795. The number of anilines is 1. The monoisotopic (exact) mass is 348 g/mol. The SMILES string of the molecule is Cc1cccc(N2CCC(NC(=O)NC(C)COCC(C)C)CC2)n1. The molecule has 1 aromatic rings. The van der Waals surface area contributed by atoms with Gasteiger partial charge in [0, 0.05) is 31.4 Å². The van der Waals surface area contributed by atoms with Crippen molar-refractivity contribution in [2.75, 3.05) is 31.2 Å². The Morgan fingerprint density at radius 3 is 2.64 bits per heavy atom. The number of pyridine rings is 1. The van der Waals surface area contributed by atoms with Crippen LogP contribution in [0.3, 0.4) is 0 Å². The lowest BCUT2D eigenvalue weighted by atomic mass is 10.1. The highest BCUT2D eigenvalue weighted by atomic mass is 16.5. The van der Waals surface area contributed by atoms with E-state index in [2.05, 4.69) is 34.4 Å². The summed E-state index contributed by atoms with van der Waals surface area (Å²) in [5, 5.41) is 6.03. The molecule has 0 aromatic carbocycles. The van der Waals surface area contributed by atoms with E-state index in [-0.39, 0.29) is 18.1 Å². The Bertz CT molecular complexity index is 542. The van der Waals surface area contributed by atoms with E-state index in [1.165, 1.54) is 0 Å². The van der Waals surface area contributed by atoms with Gasteiger partial charge in [-0.3, -0.25) is 0 Å². The molecule has 1 atom stereocenters. The number of ether oxygens (including phenoxy) is 1. The van der Waals surface area contributed by atoms with E-state index in [0.717, 1.165) is 44.0 Å². The highest BCUT2D eigenvalue weighted by Gasteiger charge is 2.22. The van der Waals surface area contributed by atoms with Crippen molar-refractivity contribution in [1.82, 2.24) is 15.6 Å². The number of aromatic nitrogens is 1. The van der Waals surface area contributed by atoms with Crippen LogP contribution in [0.4, 0.5) is 10.6 Å². The summed E-state index contributed by atoms with van der Waals surface area (Å²) in [4.78, 5) is 19.0. The summed E-state index contributed by atoms with van der Waals surface area (Å²) in [6, 6.07) is 6.21. The van der Waals surface area contributed by atoms with E-state index < -0.39 is 0 Å². The normalized spacial score (nSPS) is 16.8. The minimum Gasteiger partial charge on any atom is -0.379 e. The van der Waals surface area contributed by atoms with E-state index in [9.17, 15) is 4.79 Å². The molecule has 0 saturated carbocycles. The van der Waals surface area contributed by atoms with Gasteiger partial charge in [0.2, 0.25) is 0 Å². The molecule has 2 N–H and O–H groups in total. The first kappa shape index (κ1) is 19.5. The number of nitrogens with zero attached hydrogens (tertiary/aromatic N) is 2. The number of hydrogen-bond acceptors (Lipinski definition) is 4. The van der Waals surface area contributed by atoms with Gasteiger partial charge < -0.3 is 20.3 Å². The van der Waals surface area contributed by atoms with E-state index in [0.29, 0.717) is 12.5 Å². The third kappa shape index (κ3) is 6.90. The van der Waals surface area contributed by atoms with Crippen LogP contribution in [0.15, 0.2) is 18.2 Å². The molecule has 2 heterocycles. The second-order valence-electron chi connectivity index (χ2n) is 7.35. The summed E-state index contributed by atoms with van der Waals surface area (Å²) >= 11 is 0. The van der Waals surface area contributed by atoms with Crippen molar-refractivity contribution in [3.63, 3.8) is 0 Å². The Hall–Kier alpha value is -1.82. The predicted octanol–water partition coefficient (Wildman–Crippen LogP) is 2.72. The summed E-state index contributed by atoms with van der Waals surface area (Å²) in [7, 11) is 0. The van der Waals surface area contributed by atoms with Crippen LogP contribution in [0.2, 0.25) is 0 Å². The molecular weight excluding hydrogens is 316 g/mol. The Kier molecular flexibility index (Phi) is 7.50. The van der Waals surface area contributed by atoms with Crippen molar-refractivity contribution in [2.24, 2.45) is 5.92 Å². The van der Waals surface area contributed by atoms with Gasteiger partial charge in [-0.1, -0.05) is 19.9 Å². The minimum atomic E-state index is -0.104. The van der Waals surface area contributed by atoms with Crippen molar-refractivity contribution in [2.45, 2.75) is 52.6 Å². The van der Waals surface area contributed by atoms with Crippen molar-refractivity contribution < 1.29 is 9.53 Å². The fourth-order valence-electron chi connectivity index (χ4n) is 2.93. The highest BCUT2D eigenvalue weighted by Crippen LogP contribution is 2.18. The maximum absolute atomic E-state index is 12.1. The number of aryl methyl sites for hydroxylation is 1. The third-order valence-corrected chi connectivity index (χ3v) is 4.22. The molecule has 0 radical (unpaired) electrons. The van der Waals surface area contributed by atoms with Crippen LogP contribution >= 0.6 is 0 Å². The smallest absolute Gasteiger partial charge is 0.315 e. The summed E-state index contributed by atoms with van der Waals surface area (Å²) in [5.74, 6) is 1.54. The Labute approximate surface area is 151 Å². The molecule has 6 nitrogen and oxygen atoms in total. The molecule has 0 spiro atoms. The number of piperidine rings is 1. The summed E-state index contributed by atoms with van der Waals surface area (Å²) in [6.45, 7) is 11.3. The van der Waals surface area contributed by atoms with Crippen molar-refractivity contribution >= 4 is 11.8 Å². The second kappa shape index (κ2) is 9.61. The fraction of sp³-hybridized carbons (Fsp3) is 0.684. The number of urea groups is 1. The van der Waals surface area contributed by atoms with Crippen LogP contribution in [0, 0.1) is 12.8 Å². The number of carbonyl (C=O) groups is 1. The molecule has 25 heavy (non-hydrogen) atoms. The zero-order valence-corrected chi connectivity index (χ0v) is 15.9. The van der Waals surface area contributed by atoms with Gasteiger partial charge in [-0.25, -0.2) is 9.78 Å². The molecule has 0 bridgehead atoms. The lowest BCUT2D eigenvalue weighted by Gasteiger charge is -2.33. The zero-order valence-electron chi connectivity index (χ0n) is 15.9. The van der Waals surface area contributed by atoms with Crippen LogP contribution in [0.5, 0.6) is 0 Å². The molecule has 1 unspecified atom stereocenters. The lowest BCUT2D eigenvalue weighted by molar-refractivity contribution is 0.0952. The van der Waals surface area contributed by atoms with E-state index in [1.54, 1.807) is 0 Å². The summed E-state index contributed by atoms with van der Waals surface area (Å²) in [5.41, 5.74) is 1.03. The fourth-order valence-corrected chi connectivity index (χ4v) is 2.93. The van der Waals surface area contributed by atoms with Gasteiger partial charge in [0.25, 0.3) is 0 Å². The number of nitrogens with one attached hydrogen (secondary N) is 2. The van der Waals surface area contributed by atoms with Gasteiger partial charge in [-0.15, -0.1) is 0 Å². The third-order valence-electron chi connectivity index (χ3n) is 4.22. The van der Waals surface area contributed by atoms with Crippen LogP contribution < -0.4 is 15.5 Å².